The van der Waals surface area contributed by atoms with Gasteiger partial charge in [0, 0.05) is 36.5 Å². The highest BCUT2D eigenvalue weighted by Gasteiger charge is 2.38. The van der Waals surface area contributed by atoms with Crippen LogP contribution < -0.4 is 5.32 Å². The standard InChI is InChI=1S/C19H24N4O3/c24-16-9-12(19-21-17(22-26-19)11-3-4-11)8-13(16)10-20-18(25)15-2-1-7-23(15)14-5-6-14/h1-2,7,11-14,16,24H,3-6,8-10H2,(H,20,25)/t12-,13+,16+/m0/s1. The van der Waals surface area contributed by atoms with Crippen molar-refractivity contribution in [1.82, 2.24) is 20.0 Å². The fourth-order valence-corrected chi connectivity index (χ4v) is 4.02. The molecule has 0 radical (unpaired) electrons. The van der Waals surface area contributed by atoms with E-state index >= 15 is 0 Å². The summed E-state index contributed by atoms with van der Waals surface area (Å²) in [4.78, 5) is 17.0. The van der Waals surface area contributed by atoms with Crippen molar-refractivity contribution in [3.8, 4) is 0 Å². The monoisotopic (exact) mass is 356 g/mol. The Bertz CT molecular complexity index is 805. The molecule has 7 nitrogen and oxygen atoms in total. The van der Waals surface area contributed by atoms with Crippen molar-refractivity contribution < 1.29 is 14.4 Å². The fourth-order valence-electron chi connectivity index (χ4n) is 4.02. The topological polar surface area (TPSA) is 93.2 Å². The van der Waals surface area contributed by atoms with Crippen LogP contribution in [0.3, 0.4) is 0 Å². The van der Waals surface area contributed by atoms with Gasteiger partial charge in [0.15, 0.2) is 5.82 Å². The van der Waals surface area contributed by atoms with Crippen LogP contribution in [0.5, 0.6) is 0 Å². The number of aliphatic hydroxyl groups excluding tert-OH is 1. The molecule has 2 heterocycles. The van der Waals surface area contributed by atoms with Crippen molar-refractivity contribution in [3.05, 3.63) is 35.7 Å². The number of hydrogen-bond donors (Lipinski definition) is 2. The lowest BCUT2D eigenvalue weighted by Gasteiger charge is -2.15. The van der Waals surface area contributed by atoms with Crippen LogP contribution in [0, 0.1) is 5.92 Å². The molecule has 3 aliphatic rings. The van der Waals surface area contributed by atoms with Crippen molar-refractivity contribution in [3.63, 3.8) is 0 Å². The third kappa shape index (κ3) is 3.05. The molecule has 7 heteroatoms. The van der Waals surface area contributed by atoms with Crippen molar-refractivity contribution in [2.75, 3.05) is 6.54 Å². The summed E-state index contributed by atoms with van der Waals surface area (Å²) < 4.78 is 7.47. The number of carbonyl (C=O) groups excluding carboxylic acids is 1. The van der Waals surface area contributed by atoms with Gasteiger partial charge < -0.3 is 19.5 Å². The van der Waals surface area contributed by atoms with Gasteiger partial charge in [-0.05, 0) is 50.7 Å². The number of rotatable bonds is 6. The first-order valence-corrected chi connectivity index (χ1v) is 9.65. The predicted octanol–water partition coefficient (Wildman–Crippen LogP) is 2.37. The van der Waals surface area contributed by atoms with Gasteiger partial charge in [0.1, 0.15) is 5.69 Å². The maximum absolute atomic E-state index is 12.5. The van der Waals surface area contributed by atoms with E-state index in [1.54, 1.807) is 0 Å². The van der Waals surface area contributed by atoms with Crippen molar-refractivity contribution >= 4 is 5.91 Å². The van der Waals surface area contributed by atoms with Crippen LogP contribution in [0.2, 0.25) is 0 Å². The Hall–Kier alpha value is -2.15. The van der Waals surface area contributed by atoms with Gasteiger partial charge in [-0.1, -0.05) is 5.16 Å². The molecule has 0 saturated heterocycles. The SMILES string of the molecule is O=C(NC[C@H]1C[C@H](c2nc(C3CC3)no2)C[C@H]1O)c1cccn1C1CC1. The summed E-state index contributed by atoms with van der Waals surface area (Å²) in [6.45, 7) is 0.468. The van der Waals surface area contributed by atoms with E-state index < -0.39 is 6.10 Å². The number of nitrogens with one attached hydrogen (secondary N) is 1. The molecule has 0 unspecified atom stereocenters. The number of hydrogen-bond acceptors (Lipinski definition) is 5. The van der Waals surface area contributed by atoms with E-state index in [4.69, 9.17) is 4.52 Å². The average molecular weight is 356 g/mol. The van der Waals surface area contributed by atoms with Crippen LogP contribution in [-0.4, -0.2) is 38.4 Å². The number of aliphatic hydroxyl groups is 1. The highest BCUT2D eigenvalue weighted by Crippen LogP contribution is 2.41. The second kappa shape index (κ2) is 6.23. The largest absolute Gasteiger partial charge is 0.393 e. The van der Waals surface area contributed by atoms with Gasteiger partial charge >= 0.3 is 0 Å². The summed E-state index contributed by atoms with van der Waals surface area (Å²) in [5, 5.41) is 17.5. The van der Waals surface area contributed by atoms with E-state index in [2.05, 4.69) is 20.0 Å². The Morgan fingerprint density at radius 2 is 2.12 bits per heavy atom. The number of amides is 1. The van der Waals surface area contributed by atoms with E-state index in [1.165, 1.54) is 0 Å². The van der Waals surface area contributed by atoms with Gasteiger partial charge in [-0.3, -0.25) is 4.79 Å². The maximum Gasteiger partial charge on any atom is 0.267 e. The molecule has 3 fully saturated rings. The predicted molar refractivity (Wildman–Crippen MR) is 92.8 cm³/mol. The van der Waals surface area contributed by atoms with E-state index in [1.807, 2.05) is 18.3 Å². The second-order valence-corrected chi connectivity index (χ2v) is 8.00. The van der Waals surface area contributed by atoms with Crippen LogP contribution in [0.4, 0.5) is 0 Å². The molecule has 3 atom stereocenters. The molecule has 3 aliphatic carbocycles. The normalized spacial score (nSPS) is 28.4. The average Bonchev–Trinajstić information content (AvgIpc) is 3.53. The smallest absolute Gasteiger partial charge is 0.267 e. The van der Waals surface area contributed by atoms with Gasteiger partial charge in [-0.25, -0.2) is 0 Å². The van der Waals surface area contributed by atoms with Crippen molar-refractivity contribution in [2.45, 2.75) is 62.5 Å². The molecule has 26 heavy (non-hydrogen) atoms. The molecule has 2 aromatic rings. The lowest BCUT2D eigenvalue weighted by Crippen LogP contribution is -2.33. The minimum atomic E-state index is -0.452. The van der Waals surface area contributed by atoms with Crippen LogP contribution in [0.1, 0.15) is 78.6 Å². The Balaban J connectivity index is 1.19. The first-order valence-electron chi connectivity index (χ1n) is 9.65. The molecule has 2 aromatic heterocycles. The van der Waals surface area contributed by atoms with E-state index in [0.29, 0.717) is 36.5 Å². The summed E-state index contributed by atoms with van der Waals surface area (Å²) in [6.07, 6.45) is 7.47. The summed E-state index contributed by atoms with van der Waals surface area (Å²) in [6, 6.07) is 4.26. The van der Waals surface area contributed by atoms with Gasteiger partial charge in [0.2, 0.25) is 5.89 Å². The van der Waals surface area contributed by atoms with Crippen molar-refractivity contribution in [2.24, 2.45) is 5.92 Å². The zero-order chi connectivity index (χ0) is 17.7. The van der Waals surface area contributed by atoms with Crippen LogP contribution in [0.15, 0.2) is 22.9 Å². The number of nitrogens with zero attached hydrogens (tertiary/aromatic N) is 3. The molecule has 2 N–H and O–H groups in total. The number of carbonyl (C=O) groups is 1. The zero-order valence-corrected chi connectivity index (χ0v) is 14.7. The summed E-state index contributed by atoms with van der Waals surface area (Å²) in [5.74, 6) is 1.96. The Morgan fingerprint density at radius 3 is 2.88 bits per heavy atom. The van der Waals surface area contributed by atoms with Crippen LogP contribution in [0.25, 0.3) is 0 Å². The molecular formula is C19H24N4O3. The van der Waals surface area contributed by atoms with E-state index in [-0.39, 0.29) is 17.7 Å². The minimum Gasteiger partial charge on any atom is -0.393 e. The van der Waals surface area contributed by atoms with Gasteiger partial charge in [-0.2, -0.15) is 4.98 Å². The highest BCUT2D eigenvalue weighted by atomic mass is 16.5. The molecular weight excluding hydrogens is 332 g/mol. The Kier molecular flexibility index (Phi) is 3.85. The first kappa shape index (κ1) is 16.1. The van der Waals surface area contributed by atoms with Crippen LogP contribution in [-0.2, 0) is 0 Å². The van der Waals surface area contributed by atoms with E-state index in [9.17, 15) is 9.90 Å². The maximum atomic E-state index is 12.5. The quantitative estimate of drug-likeness (QED) is 0.829. The van der Waals surface area contributed by atoms with E-state index in [0.717, 1.165) is 37.9 Å². The zero-order valence-electron chi connectivity index (χ0n) is 14.7. The van der Waals surface area contributed by atoms with Gasteiger partial charge in [0.05, 0.1) is 6.10 Å². The second-order valence-electron chi connectivity index (χ2n) is 8.00. The fraction of sp³-hybridized carbons (Fsp3) is 0.632. The molecule has 3 saturated carbocycles. The lowest BCUT2D eigenvalue weighted by atomic mass is 10.0. The first-order chi connectivity index (χ1) is 12.7. The Morgan fingerprint density at radius 1 is 1.27 bits per heavy atom. The summed E-state index contributed by atoms with van der Waals surface area (Å²) in [7, 11) is 0. The molecule has 1 amide bonds. The van der Waals surface area contributed by atoms with Crippen molar-refractivity contribution in [1.29, 1.82) is 0 Å². The molecule has 0 bridgehead atoms. The van der Waals surface area contributed by atoms with Crippen LogP contribution >= 0.6 is 0 Å². The molecule has 5 rings (SSSR count). The van der Waals surface area contributed by atoms with Gasteiger partial charge in [0.25, 0.3) is 5.91 Å². The molecule has 0 aliphatic heterocycles. The highest BCUT2D eigenvalue weighted by molar-refractivity contribution is 5.92. The third-order valence-corrected chi connectivity index (χ3v) is 5.88. The third-order valence-electron chi connectivity index (χ3n) is 5.88. The molecule has 0 aromatic carbocycles. The minimum absolute atomic E-state index is 0.0181. The molecule has 138 valence electrons. The number of aromatic nitrogens is 3. The summed E-state index contributed by atoms with van der Waals surface area (Å²) >= 11 is 0. The Labute approximate surface area is 151 Å². The van der Waals surface area contributed by atoms with Gasteiger partial charge in [-0.15, -0.1) is 0 Å². The lowest BCUT2D eigenvalue weighted by molar-refractivity contribution is 0.0907. The molecule has 0 spiro atoms. The summed E-state index contributed by atoms with van der Waals surface area (Å²) in [5.41, 5.74) is 0.711.